The van der Waals surface area contributed by atoms with E-state index in [2.05, 4.69) is 5.32 Å². The average Bonchev–Trinajstić information content (AvgIpc) is 3.26. The number of carbonyl (C=O) groups excluding carboxylic acids is 2. The van der Waals surface area contributed by atoms with Gasteiger partial charge < -0.3 is 25.8 Å². The van der Waals surface area contributed by atoms with Crippen LogP contribution in [0.2, 0.25) is 0 Å². The molecule has 2 saturated heterocycles. The monoisotopic (exact) mass is 486 g/mol. The summed E-state index contributed by atoms with van der Waals surface area (Å²) < 4.78 is 5.66. The standard InChI is InChI=1S/C25H30N4O4.ClH/c1-33-21-14-25(32,13-16-5-3-2-4-6-16)24(31)29-19(21)11-12-20(29)23(30)28-15-17-7-9-18(10-8-17)22(26)27;/h2-10,19-21,32H,11-15H2,1H3,(H3,26,27)(H,28,30);1H/t19-,20-,21?,25-;/m0./s1. The van der Waals surface area contributed by atoms with E-state index in [1.807, 2.05) is 30.3 Å². The number of fused-ring (bicyclic) bond motifs is 1. The lowest BCUT2D eigenvalue weighted by Gasteiger charge is -2.46. The molecular formula is C25H31ClN4O4. The topological polar surface area (TPSA) is 129 Å². The Kier molecular flexibility index (Phi) is 7.97. The molecule has 2 aliphatic heterocycles. The number of benzene rings is 2. The number of rotatable bonds is 7. The van der Waals surface area contributed by atoms with Crippen LogP contribution in [0.1, 0.15) is 36.0 Å². The average molecular weight is 487 g/mol. The number of nitrogens with zero attached hydrogens (tertiary/aromatic N) is 1. The molecule has 0 aliphatic carbocycles. The van der Waals surface area contributed by atoms with Crippen LogP contribution in [0.3, 0.4) is 0 Å². The second kappa shape index (κ2) is 10.5. The molecule has 9 heteroatoms. The molecular weight excluding hydrogens is 456 g/mol. The molecule has 5 N–H and O–H groups in total. The van der Waals surface area contributed by atoms with Crippen LogP contribution in [-0.2, 0) is 27.3 Å². The number of piperidine rings is 1. The first kappa shape index (κ1) is 25.7. The van der Waals surface area contributed by atoms with E-state index in [1.165, 1.54) is 0 Å². The van der Waals surface area contributed by atoms with Crippen molar-refractivity contribution in [1.29, 1.82) is 5.41 Å². The number of halogens is 1. The number of nitrogen functional groups attached to an aromatic ring is 1. The zero-order chi connectivity index (χ0) is 23.6. The Labute approximate surface area is 205 Å². The number of aliphatic hydroxyl groups is 1. The molecule has 1 unspecified atom stereocenters. The third-order valence-corrected chi connectivity index (χ3v) is 6.71. The summed E-state index contributed by atoms with van der Waals surface area (Å²) in [4.78, 5) is 28.1. The SMILES string of the molecule is COC1C[C@@](O)(Cc2ccccc2)C(=O)N2[C@H](C(=O)NCc3ccc(C(=N)N)cc3)CC[C@@H]12.Cl. The van der Waals surface area contributed by atoms with Crippen LogP contribution < -0.4 is 11.1 Å². The van der Waals surface area contributed by atoms with E-state index in [-0.39, 0.29) is 49.1 Å². The van der Waals surface area contributed by atoms with Gasteiger partial charge in [0.15, 0.2) is 0 Å². The number of hydrogen-bond acceptors (Lipinski definition) is 5. The zero-order valence-corrected chi connectivity index (χ0v) is 19.9. The zero-order valence-electron chi connectivity index (χ0n) is 19.1. The maximum Gasteiger partial charge on any atom is 0.256 e. The van der Waals surface area contributed by atoms with Crippen LogP contribution in [0.4, 0.5) is 0 Å². The van der Waals surface area contributed by atoms with E-state index >= 15 is 0 Å². The van der Waals surface area contributed by atoms with E-state index in [4.69, 9.17) is 15.9 Å². The van der Waals surface area contributed by atoms with Crippen molar-refractivity contribution < 1.29 is 19.4 Å². The quantitative estimate of drug-likeness (QED) is 0.350. The Hall–Kier alpha value is -2.94. The van der Waals surface area contributed by atoms with Crippen LogP contribution in [0.15, 0.2) is 54.6 Å². The first-order valence-electron chi connectivity index (χ1n) is 11.2. The van der Waals surface area contributed by atoms with Crippen LogP contribution in [0.5, 0.6) is 0 Å². The Morgan fingerprint density at radius 3 is 2.47 bits per heavy atom. The number of nitrogens with two attached hydrogens (primary N) is 1. The molecule has 2 heterocycles. The van der Waals surface area contributed by atoms with Crippen LogP contribution in [0.25, 0.3) is 0 Å². The van der Waals surface area contributed by atoms with E-state index in [9.17, 15) is 14.7 Å². The van der Waals surface area contributed by atoms with Crippen LogP contribution in [-0.4, -0.2) is 58.6 Å². The summed E-state index contributed by atoms with van der Waals surface area (Å²) in [5, 5.41) is 21.8. The van der Waals surface area contributed by atoms with Gasteiger partial charge in [-0.3, -0.25) is 15.0 Å². The summed E-state index contributed by atoms with van der Waals surface area (Å²) in [6.07, 6.45) is 1.21. The summed E-state index contributed by atoms with van der Waals surface area (Å²) in [5.74, 6) is -0.671. The number of methoxy groups -OCH3 is 1. The highest BCUT2D eigenvalue weighted by Crippen LogP contribution is 2.39. The maximum absolute atomic E-state index is 13.5. The van der Waals surface area contributed by atoms with E-state index in [0.29, 0.717) is 24.9 Å². The highest BCUT2D eigenvalue weighted by atomic mass is 35.5. The van der Waals surface area contributed by atoms with Gasteiger partial charge in [-0.15, -0.1) is 12.4 Å². The molecule has 4 rings (SSSR count). The summed E-state index contributed by atoms with van der Waals surface area (Å²) in [7, 11) is 1.58. The second-order valence-electron chi connectivity index (χ2n) is 8.87. The summed E-state index contributed by atoms with van der Waals surface area (Å²) in [5.41, 5.74) is 6.20. The van der Waals surface area contributed by atoms with Gasteiger partial charge in [-0.1, -0.05) is 54.6 Å². The molecule has 8 nitrogen and oxygen atoms in total. The van der Waals surface area contributed by atoms with Crippen molar-refractivity contribution in [3.05, 3.63) is 71.3 Å². The highest BCUT2D eigenvalue weighted by Gasteiger charge is 2.56. The van der Waals surface area contributed by atoms with Gasteiger partial charge in [0.25, 0.3) is 5.91 Å². The number of carbonyl (C=O) groups is 2. The Bertz CT molecular complexity index is 1030. The molecule has 4 atom stereocenters. The molecule has 2 fully saturated rings. The fourth-order valence-corrected chi connectivity index (χ4v) is 4.98. The molecule has 2 aromatic rings. The number of ether oxygens (including phenoxy) is 1. The molecule has 2 aliphatic rings. The second-order valence-corrected chi connectivity index (χ2v) is 8.87. The fourth-order valence-electron chi connectivity index (χ4n) is 4.98. The van der Waals surface area contributed by atoms with Gasteiger partial charge >= 0.3 is 0 Å². The van der Waals surface area contributed by atoms with Crippen molar-refractivity contribution in [2.45, 2.75) is 56.0 Å². The maximum atomic E-state index is 13.5. The van der Waals surface area contributed by atoms with Crippen molar-refractivity contribution in [3.63, 3.8) is 0 Å². The van der Waals surface area contributed by atoms with Crippen molar-refractivity contribution in [1.82, 2.24) is 10.2 Å². The third kappa shape index (κ3) is 5.09. The fraction of sp³-hybridized carbons (Fsp3) is 0.400. The minimum absolute atomic E-state index is 0. The third-order valence-electron chi connectivity index (χ3n) is 6.71. The van der Waals surface area contributed by atoms with E-state index in [1.54, 1.807) is 36.3 Å². The molecule has 34 heavy (non-hydrogen) atoms. The van der Waals surface area contributed by atoms with Gasteiger partial charge in [0, 0.05) is 32.1 Å². The first-order chi connectivity index (χ1) is 15.8. The van der Waals surface area contributed by atoms with E-state index < -0.39 is 17.6 Å². The van der Waals surface area contributed by atoms with Crippen molar-refractivity contribution in [3.8, 4) is 0 Å². The molecule has 0 radical (unpaired) electrons. The van der Waals surface area contributed by atoms with Crippen molar-refractivity contribution in [2.24, 2.45) is 5.73 Å². The number of nitrogens with one attached hydrogen (secondary N) is 2. The van der Waals surface area contributed by atoms with Gasteiger partial charge in [-0.2, -0.15) is 0 Å². The lowest BCUT2D eigenvalue weighted by atomic mass is 9.81. The van der Waals surface area contributed by atoms with Crippen LogP contribution in [0, 0.1) is 5.41 Å². The summed E-state index contributed by atoms with van der Waals surface area (Å²) in [6.45, 7) is 0.294. The van der Waals surface area contributed by atoms with Gasteiger partial charge in [0.2, 0.25) is 5.91 Å². The lowest BCUT2D eigenvalue weighted by Crippen LogP contribution is -2.65. The molecule has 0 spiro atoms. The Morgan fingerprint density at radius 2 is 1.85 bits per heavy atom. The molecule has 0 aromatic heterocycles. The lowest BCUT2D eigenvalue weighted by molar-refractivity contribution is -0.175. The van der Waals surface area contributed by atoms with Gasteiger partial charge in [-0.05, 0) is 24.0 Å². The predicted molar refractivity (Wildman–Crippen MR) is 131 cm³/mol. The Balaban J connectivity index is 0.00000324. The predicted octanol–water partition coefficient (Wildman–Crippen LogP) is 1.76. The van der Waals surface area contributed by atoms with E-state index in [0.717, 1.165) is 11.1 Å². The highest BCUT2D eigenvalue weighted by molar-refractivity contribution is 5.95. The number of hydrogen-bond donors (Lipinski definition) is 4. The molecule has 182 valence electrons. The van der Waals surface area contributed by atoms with Gasteiger partial charge in [-0.25, -0.2) is 0 Å². The van der Waals surface area contributed by atoms with Crippen molar-refractivity contribution in [2.75, 3.05) is 7.11 Å². The number of amidine groups is 1. The summed E-state index contributed by atoms with van der Waals surface area (Å²) in [6, 6.07) is 15.6. The molecule has 2 aromatic carbocycles. The van der Waals surface area contributed by atoms with Crippen LogP contribution >= 0.6 is 12.4 Å². The molecule has 0 saturated carbocycles. The Morgan fingerprint density at radius 1 is 1.18 bits per heavy atom. The largest absolute Gasteiger partial charge is 0.384 e. The van der Waals surface area contributed by atoms with Gasteiger partial charge in [0.05, 0.1) is 12.1 Å². The minimum atomic E-state index is -1.62. The number of amides is 2. The smallest absolute Gasteiger partial charge is 0.256 e. The molecule has 2 amide bonds. The molecule has 0 bridgehead atoms. The summed E-state index contributed by atoms with van der Waals surface area (Å²) >= 11 is 0. The first-order valence-corrected chi connectivity index (χ1v) is 11.2. The van der Waals surface area contributed by atoms with Crippen molar-refractivity contribution >= 4 is 30.1 Å². The normalized spacial score (nSPS) is 25.9. The minimum Gasteiger partial charge on any atom is -0.384 e. The van der Waals surface area contributed by atoms with Gasteiger partial charge in [0.1, 0.15) is 17.5 Å².